The summed E-state index contributed by atoms with van der Waals surface area (Å²) in [6.07, 6.45) is 0. The van der Waals surface area contributed by atoms with E-state index in [0.29, 0.717) is 5.70 Å². The van der Waals surface area contributed by atoms with E-state index in [1.54, 1.807) is 0 Å². The van der Waals surface area contributed by atoms with Crippen LogP contribution in [0.25, 0.3) is 5.70 Å². The van der Waals surface area contributed by atoms with E-state index in [4.69, 9.17) is 0 Å². The monoisotopic (exact) mass is 270 g/mol. The second-order valence-corrected chi connectivity index (χ2v) is 3.76. The van der Waals surface area contributed by atoms with Crippen LogP contribution in [0.5, 0.6) is 0 Å². The van der Waals surface area contributed by atoms with Gasteiger partial charge >= 0.3 is 0 Å². The van der Waals surface area contributed by atoms with Gasteiger partial charge < -0.3 is 0 Å². The Morgan fingerprint density at radius 1 is 1.33 bits per heavy atom. The lowest BCUT2D eigenvalue weighted by Gasteiger charge is -2.08. The van der Waals surface area contributed by atoms with Crippen LogP contribution in [-0.4, -0.2) is 5.91 Å². The molecule has 0 atom stereocenters. The fourth-order valence-electron chi connectivity index (χ4n) is 0.869. The molecule has 0 heterocycles. The Hall–Kier alpha value is -1.33. The number of halogens is 1. The quantitative estimate of drug-likeness (QED) is 0.823. The first-order valence-electron chi connectivity index (χ1n) is 4.23. The number of nitrogens with one attached hydrogen (secondary N) is 2. The Morgan fingerprint density at radius 2 is 1.93 bits per heavy atom. The minimum atomic E-state index is -0.286. The molecule has 0 aliphatic heterocycles. The van der Waals surface area contributed by atoms with Crippen molar-refractivity contribution < 1.29 is 9.73 Å². The summed E-state index contributed by atoms with van der Waals surface area (Å²) < 4.78 is 0.988. The molecule has 4 nitrogen and oxygen atoms in total. The van der Waals surface area contributed by atoms with Gasteiger partial charge in [0.15, 0.2) is 0 Å². The van der Waals surface area contributed by atoms with Crippen LogP contribution in [0.1, 0.15) is 12.5 Å². The number of amides is 1. The Bertz CT molecular complexity index is 362. The number of benzene rings is 1. The summed E-state index contributed by atoms with van der Waals surface area (Å²) >= 11 is 3.33. The topological polar surface area (TPSA) is 50.4 Å². The molecule has 1 aromatic carbocycles. The molecule has 0 radical (unpaired) electrons. The number of rotatable bonds is 4. The maximum absolute atomic E-state index is 10.5. The van der Waals surface area contributed by atoms with Crippen LogP contribution in [0.3, 0.4) is 0 Å². The first-order valence-corrected chi connectivity index (χ1v) is 5.02. The summed E-state index contributed by atoms with van der Waals surface area (Å²) in [5, 5.41) is 0. The van der Waals surface area contributed by atoms with Crippen molar-refractivity contribution >= 4 is 27.5 Å². The Balaban J connectivity index is 2.47. The van der Waals surface area contributed by atoms with Gasteiger partial charge in [-0.3, -0.25) is 4.79 Å². The largest absolute Gasteiger partial charge is 0.273 e. The molecule has 1 amide bonds. The highest BCUT2D eigenvalue weighted by Gasteiger charge is 1.98. The molecule has 80 valence electrons. The number of hydroxylamine groups is 2. The van der Waals surface area contributed by atoms with E-state index in [-0.39, 0.29) is 5.91 Å². The summed E-state index contributed by atoms with van der Waals surface area (Å²) in [6, 6.07) is 7.52. The Labute approximate surface area is 96.4 Å². The average molecular weight is 271 g/mol. The highest BCUT2D eigenvalue weighted by atomic mass is 79.9. The smallest absolute Gasteiger partial charge is 0.242 e. The first-order chi connectivity index (χ1) is 7.09. The molecule has 0 aromatic heterocycles. The van der Waals surface area contributed by atoms with Crippen LogP contribution in [0, 0.1) is 0 Å². The minimum absolute atomic E-state index is 0.286. The molecule has 0 aliphatic rings. The zero-order valence-corrected chi connectivity index (χ0v) is 9.80. The SMILES string of the molecule is C=C(NONC(C)=O)c1ccc(Br)cc1. The van der Waals surface area contributed by atoms with Gasteiger partial charge in [0.25, 0.3) is 0 Å². The van der Waals surface area contributed by atoms with Gasteiger partial charge in [0.1, 0.15) is 0 Å². The van der Waals surface area contributed by atoms with Crippen molar-refractivity contribution in [3.05, 3.63) is 40.9 Å². The zero-order chi connectivity index (χ0) is 11.3. The van der Waals surface area contributed by atoms with Crippen LogP contribution in [0.2, 0.25) is 0 Å². The highest BCUT2D eigenvalue weighted by Crippen LogP contribution is 2.14. The summed E-state index contributed by atoms with van der Waals surface area (Å²) in [5.41, 5.74) is 6.09. The van der Waals surface area contributed by atoms with Gasteiger partial charge in [0.2, 0.25) is 5.91 Å². The van der Waals surface area contributed by atoms with E-state index < -0.39 is 0 Å². The molecule has 1 aromatic rings. The molecule has 2 N–H and O–H groups in total. The molecule has 0 bridgehead atoms. The lowest BCUT2D eigenvalue weighted by Crippen LogP contribution is -2.28. The van der Waals surface area contributed by atoms with Crippen molar-refractivity contribution in [2.75, 3.05) is 0 Å². The number of carbonyl (C=O) groups is 1. The molecular weight excluding hydrogens is 260 g/mol. The first kappa shape index (κ1) is 11.7. The summed E-state index contributed by atoms with van der Waals surface area (Å²) in [5.74, 6) is -0.286. The van der Waals surface area contributed by atoms with Crippen LogP contribution in [-0.2, 0) is 9.73 Å². The third-order valence-corrected chi connectivity index (χ3v) is 2.09. The normalized spacial score (nSPS) is 9.47. The Morgan fingerprint density at radius 3 is 2.47 bits per heavy atom. The average Bonchev–Trinajstić information content (AvgIpc) is 2.18. The molecule has 0 aliphatic carbocycles. The maximum atomic E-state index is 10.5. The molecule has 0 saturated heterocycles. The van der Waals surface area contributed by atoms with Gasteiger partial charge in [-0.15, -0.1) is 0 Å². The second-order valence-electron chi connectivity index (χ2n) is 2.85. The fraction of sp³-hybridized carbons (Fsp3) is 0.100. The molecule has 0 unspecified atom stereocenters. The Kier molecular flexibility index (Phi) is 4.33. The fourth-order valence-corrected chi connectivity index (χ4v) is 1.13. The van der Waals surface area contributed by atoms with Crippen molar-refractivity contribution in [1.29, 1.82) is 0 Å². The highest BCUT2D eigenvalue weighted by molar-refractivity contribution is 9.10. The lowest BCUT2D eigenvalue weighted by molar-refractivity contribution is -0.135. The maximum Gasteiger partial charge on any atom is 0.242 e. The van der Waals surface area contributed by atoms with Crippen LogP contribution < -0.4 is 11.0 Å². The van der Waals surface area contributed by atoms with Gasteiger partial charge in [0.05, 0.1) is 5.70 Å². The van der Waals surface area contributed by atoms with E-state index in [9.17, 15) is 4.79 Å². The van der Waals surface area contributed by atoms with Crippen molar-refractivity contribution in [3.63, 3.8) is 0 Å². The van der Waals surface area contributed by atoms with E-state index in [1.807, 2.05) is 24.3 Å². The van der Waals surface area contributed by atoms with Crippen molar-refractivity contribution in [2.24, 2.45) is 0 Å². The van der Waals surface area contributed by atoms with Gasteiger partial charge in [-0.2, -0.15) is 4.94 Å². The molecule has 1 rings (SSSR count). The van der Waals surface area contributed by atoms with Crippen LogP contribution >= 0.6 is 15.9 Å². The summed E-state index contributed by atoms with van der Waals surface area (Å²) in [4.78, 5) is 15.2. The third-order valence-electron chi connectivity index (χ3n) is 1.56. The minimum Gasteiger partial charge on any atom is -0.273 e. The van der Waals surface area contributed by atoms with Gasteiger partial charge in [-0.1, -0.05) is 34.6 Å². The standard InChI is InChI=1S/C10H11BrN2O2/c1-7(12-15-13-8(2)14)9-3-5-10(11)6-4-9/h3-6,12H,1H2,2H3,(H,13,14). The molecule has 0 saturated carbocycles. The number of hydrogen-bond donors (Lipinski definition) is 2. The molecule has 0 fully saturated rings. The molecule has 5 heteroatoms. The van der Waals surface area contributed by atoms with Crippen molar-refractivity contribution in [1.82, 2.24) is 11.0 Å². The van der Waals surface area contributed by atoms with Crippen LogP contribution in [0.4, 0.5) is 0 Å². The number of carbonyl (C=O) groups excluding carboxylic acids is 1. The summed E-state index contributed by atoms with van der Waals surface area (Å²) in [6.45, 7) is 5.10. The molecule has 15 heavy (non-hydrogen) atoms. The predicted molar refractivity (Wildman–Crippen MR) is 61.2 cm³/mol. The van der Waals surface area contributed by atoms with Crippen molar-refractivity contribution in [3.8, 4) is 0 Å². The third kappa shape index (κ3) is 4.14. The van der Waals surface area contributed by atoms with Crippen LogP contribution in [0.15, 0.2) is 35.3 Å². The van der Waals surface area contributed by atoms with E-state index in [0.717, 1.165) is 10.0 Å². The molecule has 0 spiro atoms. The number of hydrogen-bond acceptors (Lipinski definition) is 3. The van der Waals surface area contributed by atoms with E-state index in [2.05, 4.69) is 38.4 Å². The molecular formula is C10H11BrN2O2. The van der Waals surface area contributed by atoms with Gasteiger partial charge in [-0.25, -0.2) is 11.0 Å². The summed E-state index contributed by atoms with van der Waals surface area (Å²) in [7, 11) is 0. The van der Waals surface area contributed by atoms with Gasteiger partial charge in [-0.05, 0) is 17.7 Å². The lowest BCUT2D eigenvalue weighted by atomic mass is 10.2. The predicted octanol–water partition coefficient (Wildman–Crippen LogP) is 1.99. The van der Waals surface area contributed by atoms with Crippen molar-refractivity contribution in [2.45, 2.75) is 6.92 Å². The van der Waals surface area contributed by atoms with E-state index >= 15 is 0 Å². The van der Waals surface area contributed by atoms with Gasteiger partial charge in [0, 0.05) is 11.4 Å². The zero-order valence-electron chi connectivity index (χ0n) is 8.21. The second kappa shape index (κ2) is 5.53. The van der Waals surface area contributed by atoms with E-state index in [1.165, 1.54) is 6.92 Å².